The predicted molar refractivity (Wildman–Crippen MR) is 159 cm³/mol. The van der Waals surface area contributed by atoms with Gasteiger partial charge in [-0.25, -0.2) is 9.59 Å². The van der Waals surface area contributed by atoms with Crippen LogP contribution in [0.2, 0.25) is 0 Å². The van der Waals surface area contributed by atoms with Gasteiger partial charge in [0.1, 0.15) is 11.6 Å². The molecule has 0 radical (unpaired) electrons. The number of hydrogen-bond donors (Lipinski definition) is 3. The molecule has 2 aromatic rings. The van der Waals surface area contributed by atoms with Crippen LogP contribution in [0.1, 0.15) is 56.0 Å². The average molecular weight is 679 g/mol. The standard InChI is InChI=1S/C28H33Br2N5O5/c1-28(2,3)40-27(39)33-22(14-23(36)17-12-19(29)24(31)20(30)13-17)25(37)34-10-8-18(9-11-34)35-15-16-6-4-5-7-21(16)32-26(35)38/h4-7,12-13,18,22H,8-11,14-15,31H2,1-3H3,(H,32,38)(H,33,39)/t22-/m0/s1. The number of amides is 4. The summed E-state index contributed by atoms with van der Waals surface area (Å²) in [7, 11) is 0. The Morgan fingerprint density at radius 3 is 2.38 bits per heavy atom. The highest BCUT2D eigenvalue weighted by Gasteiger charge is 2.36. The lowest BCUT2D eigenvalue weighted by molar-refractivity contribution is -0.134. The molecule has 1 saturated heterocycles. The Morgan fingerprint density at radius 1 is 1.12 bits per heavy atom. The zero-order valence-electron chi connectivity index (χ0n) is 22.6. The van der Waals surface area contributed by atoms with E-state index in [4.69, 9.17) is 10.5 Å². The molecule has 2 aliphatic heterocycles. The topological polar surface area (TPSA) is 134 Å². The zero-order chi connectivity index (χ0) is 29.2. The minimum absolute atomic E-state index is 0.0409. The van der Waals surface area contributed by atoms with Gasteiger partial charge in [-0.2, -0.15) is 0 Å². The third-order valence-electron chi connectivity index (χ3n) is 6.86. The summed E-state index contributed by atoms with van der Waals surface area (Å²) >= 11 is 6.69. The van der Waals surface area contributed by atoms with Gasteiger partial charge in [0.2, 0.25) is 5.91 Å². The number of anilines is 2. The molecule has 0 unspecified atom stereocenters. The number of ketones is 1. The molecule has 0 aliphatic carbocycles. The minimum Gasteiger partial charge on any atom is -0.444 e. The second kappa shape index (κ2) is 12.2. The van der Waals surface area contributed by atoms with E-state index < -0.39 is 17.7 Å². The maximum Gasteiger partial charge on any atom is 0.408 e. The summed E-state index contributed by atoms with van der Waals surface area (Å²) in [5, 5.41) is 5.55. The maximum absolute atomic E-state index is 13.6. The lowest BCUT2D eigenvalue weighted by atomic mass is 9.98. The van der Waals surface area contributed by atoms with Gasteiger partial charge in [-0.15, -0.1) is 0 Å². The summed E-state index contributed by atoms with van der Waals surface area (Å²) in [5.41, 5.74) is 7.82. The van der Waals surface area contributed by atoms with Gasteiger partial charge >= 0.3 is 12.1 Å². The van der Waals surface area contributed by atoms with Gasteiger partial charge in [-0.1, -0.05) is 18.2 Å². The van der Waals surface area contributed by atoms with Crippen LogP contribution in [0.25, 0.3) is 0 Å². The Morgan fingerprint density at radius 2 is 1.75 bits per heavy atom. The minimum atomic E-state index is -1.13. The van der Waals surface area contributed by atoms with E-state index in [1.165, 1.54) is 0 Å². The van der Waals surface area contributed by atoms with Crippen LogP contribution in [0.5, 0.6) is 0 Å². The van der Waals surface area contributed by atoms with Crippen molar-refractivity contribution >= 4 is 67.0 Å². The maximum atomic E-state index is 13.6. The van der Waals surface area contributed by atoms with E-state index in [0.717, 1.165) is 11.3 Å². The number of urea groups is 1. The van der Waals surface area contributed by atoms with Gasteiger partial charge < -0.3 is 30.9 Å². The number of benzene rings is 2. The number of fused-ring (bicyclic) bond motifs is 1. The first-order valence-corrected chi connectivity index (χ1v) is 14.6. The number of nitrogens with two attached hydrogens (primary N) is 1. The van der Waals surface area contributed by atoms with Gasteiger partial charge in [0, 0.05) is 52.3 Å². The second-order valence-electron chi connectivity index (χ2n) is 11.0. The fourth-order valence-corrected chi connectivity index (χ4v) is 6.02. The Balaban J connectivity index is 1.45. The van der Waals surface area contributed by atoms with E-state index in [9.17, 15) is 19.2 Å². The molecule has 0 aromatic heterocycles. The molecule has 2 aliphatic rings. The Kier molecular flexibility index (Phi) is 9.09. The lowest BCUT2D eigenvalue weighted by Gasteiger charge is -2.41. The number of hydrogen-bond acceptors (Lipinski definition) is 6. The van der Waals surface area contributed by atoms with Gasteiger partial charge in [0.25, 0.3) is 0 Å². The molecule has 4 N–H and O–H groups in total. The predicted octanol–water partition coefficient (Wildman–Crippen LogP) is 5.30. The monoisotopic (exact) mass is 677 g/mol. The molecule has 4 amide bonds. The van der Waals surface area contributed by atoms with Crippen LogP contribution in [-0.2, 0) is 16.1 Å². The molecular weight excluding hydrogens is 646 g/mol. The number of alkyl carbamates (subject to hydrolysis) is 1. The molecule has 2 aromatic carbocycles. The van der Waals surface area contributed by atoms with Crippen molar-refractivity contribution < 1.29 is 23.9 Å². The molecule has 0 bridgehead atoms. The summed E-state index contributed by atoms with van der Waals surface area (Å²) in [6.45, 7) is 6.43. The number of carbonyl (C=O) groups excluding carboxylic acids is 4. The number of nitrogens with one attached hydrogen (secondary N) is 2. The third-order valence-corrected chi connectivity index (χ3v) is 8.17. The van der Waals surface area contributed by atoms with Gasteiger partial charge in [0.15, 0.2) is 5.78 Å². The molecule has 1 fully saturated rings. The molecule has 0 spiro atoms. The fraction of sp³-hybridized carbons (Fsp3) is 0.429. The Labute approximate surface area is 250 Å². The first-order chi connectivity index (χ1) is 18.8. The summed E-state index contributed by atoms with van der Waals surface area (Å²) < 4.78 is 6.45. The van der Waals surface area contributed by atoms with Crippen molar-refractivity contribution in [1.82, 2.24) is 15.1 Å². The zero-order valence-corrected chi connectivity index (χ0v) is 25.8. The first-order valence-electron chi connectivity index (χ1n) is 13.0. The van der Waals surface area contributed by atoms with Crippen molar-refractivity contribution in [2.24, 2.45) is 0 Å². The van der Waals surface area contributed by atoms with Gasteiger partial charge in [0.05, 0.1) is 5.69 Å². The van der Waals surface area contributed by atoms with Crippen molar-refractivity contribution in [3.63, 3.8) is 0 Å². The summed E-state index contributed by atoms with van der Waals surface area (Å²) in [5.74, 6) is -0.714. The molecule has 1 atom stereocenters. The number of Topliss-reactive ketones (excluding diaryl/α,β-unsaturated/α-hetero) is 1. The van der Waals surface area contributed by atoms with Crippen LogP contribution in [0.15, 0.2) is 45.3 Å². The SMILES string of the molecule is CC(C)(C)OC(=O)N[C@@H](CC(=O)c1cc(Br)c(N)c(Br)c1)C(=O)N1CCC(N2Cc3ccccc3NC2=O)CC1. The van der Waals surface area contributed by atoms with Crippen molar-refractivity contribution in [3.05, 3.63) is 56.5 Å². The Hall–Kier alpha value is -3.12. The van der Waals surface area contributed by atoms with Gasteiger partial charge in [-0.3, -0.25) is 9.59 Å². The van der Waals surface area contributed by atoms with Crippen LogP contribution >= 0.6 is 31.9 Å². The van der Waals surface area contributed by atoms with E-state index >= 15 is 0 Å². The van der Waals surface area contributed by atoms with Crippen molar-refractivity contribution in [3.8, 4) is 0 Å². The van der Waals surface area contributed by atoms with Crippen molar-refractivity contribution in [2.75, 3.05) is 24.1 Å². The summed E-state index contributed by atoms with van der Waals surface area (Å²) in [4.78, 5) is 55.7. The molecule has 214 valence electrons. The third kappa shape index (κ3) is 7.14. The van der Waals surface area contributed by atoms with E-state index in [1.807, 2.05) is 24.3 Å². The number of piperidine rings is 1. The van der Waals surface area contributed by atoms with E-state index in [2.05, 4.69) is 42.5 Å². The average Bonchev–Trinajstić information content (AvgIpc) is 2.89. The number of nitrogen functional groups attached to an aromatic ring is 1. The van der Waals surface area contributed by atoms with Crippen LogP contribution in [-0.4, -0.2) is 64.4 Å². The van der Waals surface area contributed by atoms with E-state index in [-0.39, 0.29) is 30.2 Å². The molecule has 2 heterocycles. The molecule has 4 rings (SSSR count). The highest BCUT2D eigenvalue weighted by atomic mass is 79.9. The number of ether oxygens (including phenoxy) is 1. The largest absolute Gasteiger partial charge is 0.444 e. The fourth-order valence-electron chi connectivity index (χ4n) is 4.83. The molecule has 12 heteroatoms. The number of carbonyl (C=O) groups is 4. The highest BCUT2D eigenvalue weighted by Crippen LogP contribution is 2.31. The molecule has 10 nitrogen and oxygen atoms in total. The van der Waals surface area contributed by atoms with Crippen LogP contribution < -0.4 is 16.4 Å². The molecular formula is C28H33Br2N5O5. The van der Waals surface area contributed by atoms with Gasteiger partial charge in [-0.05, 0) is 89.2 Å². The summed E-state index contributed by atoms with van der Waals surface area (Å²) in [6, 6.07) is 9.55. The number of halogens is 2. The molecule has 0 saturated carbocycles. The van der Waals surface area contributed by atoms with E-state index in [0.29, 0.717) is 52.7 Å². The lowest BCUT2D eigenvalue weighted by Crippen LogP contribution is -2.55. The van der Waals surface area contributed by atoms with Crippen molar-refractivity contribution in [2.45, 2.75) is 64.3 Å². The quantitative estimate of drug-likeness (QED) is 0.281. The number of nitrogens with zero attached hydrogens (tertiary/aromatic N) is 2. The first kappa shape index (κ1) is 29.9. The van der Waals surface area contributed by atoms with Crippen LogP contribution in [0.3, 0.4) is 0 Å². The second-order valence-corrected chi connectivity index (χ2v) is 12.7. The van der Waals surface area contributed by atoms with Crippen LogP contribution in [0.4, 0.5) is 21.0 Å². The highest BCUT2D eigenvalue weighted by molar-refractivity contribution is 9.11. The Bertz CT molecular complexity index is 1300. The smallest absolute Gasteiger partial charge is 0.408 e. The van der Waals surface area contributed by atoms with Crippen molar-refractivity contribution in [1.29, 1.82) is 0 Å². The normalized spacial score (nSPS) is 16.6. The van der Waals surface area contributed by atoms with Crippen LogP contribution in [0, 0.1) is 0 Å². The number of para-hydroxylation sites is 1. The summed E-state index contributed by atoms with van der Waals surface area (Å²) in [6.07, 6.45) is 0.113. The number of rotatable bonds is 6. The number of likely N-dealkylation sites (tertiary alicyclic amines) is 1. The van der Waals surface area contributed by atoms with E-state index in [1.54, 1.807) is 42.7 Å². The molecule has 40 heavy (non-hydrogen) atoms.